The van der Waals surface area contributed by atoms with Crippen LogP contribution in [0.2, 0.25) is 5.02 Å². The van der Waals surface area contributed by atoms with Crippen molar-refractivity contribution in [2.75, 3.05) is 4.90 Å². The van der Waals surface area contributed by atoms with Crippen molar-refractivity contribution in [2.24, 2.45) is 0 Å². The van der Waals surface area contributed by atoms with Crippen molar-refractivity contribution >= 4 is 29.1 Å². The Morgan fingerprint density at radius 2 is 1.40 bits per heavy atom. The summed E-state index contributed by atoms with van der Waals surface area (Å²) in [5.41, 5.74) is 1.04. The molecule has 5 heteroatoms. The van der Waals surface area contributed by atoms with Crippen molar-refractivity contribution in [3.8, 4) is 11.5 Å². The summed E-state index contributed by atoms with van der Waals surface area (Å²) < 4.78 is 5.72. The van der Waals surface area contributed by atoms with Gasteiger partial charge in [0, 0.05) is 0 Å². The molecule has 0 N–H and O–H groups in total. The molecule has 3 aromatic rings. The molecule has 0 bridgehead atoms. The van der Waals surface area contributed by atoms with E-state index in [1.165, 1.54) is 0 Å². The lowest BCUT2D eigenvalue weighted by Gasteiger charge is -2.14. The second kappa shape index (κ2) is 6.07. The van der Waals surface area contributed by atoms with Crippen molar-refractivity contribution in [3.63, 3.8) is 0 Å². The molecule has 1 aliphatic rings. The molecule has 1 heterocycles. The van der Waals surface area contributed by atoms with Crippen LogP contribution in [0.25, 0.3) is 0 Å². The standard InChI is InChI=1S/C20H12ClNO3/c21-17-8-4-7-16-18(17)20(24)22(19(16)23)13-9-11-15(12-10-13)25-14-5-2-1-3-6-14/h1-12H. The molecule has 0 radical (unpaired) electrons. The highest BCUT2D eigenvalue weighted by Gasteiger charge is 2.38. The molecule has 0 aromatic heterocycles. The van der Waals surface area contributed by atoms with Gasteiger partial charge in [-0.3, -0.25) is 9.59 Å². The minimum absolute atomic E-state index is 0.249. The number of para-hydroxylation sites is 1. The maximum absolute atomic E-state index is 12.6. The number of halogens is 1. The van der Waals surface area contributed by atoms with Crippen molar-refractivity contribution < 1.29 is 14.3 Å². The molecule has 25 heavy (non-hydrogen) atoms. The molecule has 0 saturated heterocycles. The number of benzene rings is 3. The Morgan fingerprint density at radius 3 is 2.08 bits per heavy atom. The van der Waals surface area contributed by atoms with E-state index in [4.69, 9.17) is 16.3 Å². The summed E-state index contributed by atoms with van der Waals surface area (Å²) in [6, 6.07) is 21.0. The Morgan fingerprint density at radius 1 is 0.720 bits per heavy atom. The number of imide groups is 1. The molecule has 0 unspecified atom stereocenters. The van der Waals surface area contributed by atoms with E-state index in [0.29, 0.717) is 22.7 Å². The lowest BCUT2D eigenvalue weighted by Crippen LogP contribution is -2.29. The largest absolute Gasteiger partial charge is 0.457 e. The summed E-state index contributed by atoms with van der Waals surface area (Å²) in [5, 5.41) is 0.280. The van der Waals surface area contributed by atoms with Crippen molar-refractivity contribution in [1.82, 2.24) is 0 Å². The monoisotopic (exact) mass is 349 g/mol. The number of nitrogens with zero attached hydrogens (tertiary/aromatic N) is 1. The van der Waals surface area contributed by atoms with Gasteiger partial charge in [0.15, 0.2) is 0 Å². The third kappa shape index (κ3) is 2.66. The summed E-state index contributed by atoms with van der Waals surface area (Å²) in [6.07, 6.45) is 0. The average molecular weight is 350 g/mol. The van der Waals surface area contributed by atoms with Gasteiger partial charge in [0.1, 0.15) is 11.5 Å². The normalized spacial score (nSPS) is 13.1. The zero-order valence-corrected chi connectivity index (χ0v) is 13.7. The van der Waals surface area contributed by atoms with Gasteiger partial charge in [0.05, 0.1) is 21.8 Å². The summed E-state index contributed by atoms with van der Waals surface area (Å²) in [6.45, 7) is 0. The van der Waals surface area contributed by atoms with Gasteiger partial charge in [-0.25, -0.2) is 4.90 Å². The molecular formula is C20H12ClNO3. The first-order valence-electron chi connectivity index (χ1n) is 7.65. The predicted molar refractivity (Wildman–Crippen MR) is 95.5 cm³/mol. The van der Waals surface area contributed by atoms with E-state index in [1.807, 2.05) is 30.3 Å². The highest BCUT2D eigenvalue weighted by atomic mass is 35.5. The molecule has 0 spiro atoms. The average Bonchev–Trinajstić information content (AvgIpc) is 2.89. The molecule has 4 nitrogen and oxygen atoms in total. The fourth-order valence-corrected chi connectivity index (χ4v) is 3.02. The number of carbonyl (C=O) groups excluding carboxylic acids is 2. The van der Waals surface area contributed by atoms with Crippen LogP contribution in [0.4, 0.5) is 5.69 Å². The molecule has 0 saturated carbocycles. The van der Waals surface area contributed by atoms with Gasteiger partial charge in [-0.15, -0.1) is 0 Å². The van der Waals surface area contributed by atoms with E-state index in [-0.39, 0.29) is 16.5 Å². The lowest BCUT2D eigenvalue weighted by molar-refractivity contribution is 0.0926. The van der Waals surface area contributed by atoms with Crippen LogP contribution in [0.5, 0.6) is 11.5 Å². The summed E-state index contributed by atoms with van der Waals surface area (Å²) in [7, 11) is 0. The number of hydrogen-bond donors (Lipinski definition) is 0. The Labute approximate surface area is 149 Å². The minimum Gasteiger partial charge on any atom is -0.457 e. The molecular weight excluding hydrogens is 338 g/mol. The van der Waals surface area contributed by atoms with Gasteiger partial charge >= 0.3 is 0 Å². The van der Waals surface area contributed by atoms with E-state index in [1.54, 1.807) is 42.5 Å². The molecule has 4 rings (SSSR count). The van der Waals surface area contributed by atoms with Crippen LogP contribution >= 0.6 is 11.6 Å². The SMILES string of the molecule is O=C1c2cccc(Cl)c2C(=O)N1c1ccc(Oc2ccccc2)cc1. The maximum atomic E-state index is 12.6. The van der Waals surface area contributed by atoms with Crippen LogP contribution in [0.3, 0.4) is 0 Å². The van der Waals surface area contributed by atoms with Gasteiger partial charge in [-0.1, -0.05) is 35.9 Å². The van der Waals surface area contributed by atoms with Crippen molar-refractivity contribution in [2.45, 2.75) is 0 Å². The molecule has 3 aromatic carbocycles. The highest BCUT2D eigenvalue weighted by Crippen LogP contribution is 2.33. The van der Waals surface area contributed by atoms with Crippen LogP contribution in [-0.2, 0) is 0 Å². The van der Waals surface area contributed by atoms with Gasteiger partial charge in [-0.05, 0) is 48.5 Å². The number of carbonyl (C=O) groups is 2. The zero-order chi connectivity index (χ0) is 17.4. The van der Waals surface area contributed by atoms with E-state index < -0.39 is 5.91 Å². The number of anilines is 1. The second-order valence-corrected chi connectivity index (χ2v) is 5.92. The van der Waals surface area contributed by atoms with Crippen LogP contribution in [0.1, 0.15) is 20.7 Å². The predicted octanol–water partition coefficient (Wildman–Crippen LogP) is 4.93. The number of fused-ring (bicyclic) bond motifs is 1. The quantitative estimate of drug-likeness (QED) is 0.630. The first-order chi connectivity index (χ1) is 12.1. The molecule has 1 aliphatic heterocycles. The summed E-state index contributed by atoms with van der Waals surface area (Å²) >= 11 is 6.08. The first-order valence-corrected chi connectivity index (χ1v) is 8.03. The summed E-state index contributed by atoms with van der Waals surface area (Å²) in [5.74, 6) is 0.536. The topological polar surface area (TPSA) is 46.6 Å². The number of ether oxygens (including phenoxy) is 1. The molecule has 0 fully saturated rings. The molecule has 0 aliphatic carbocycles. The van der Waals surface area contributed by atoms with Gasteiger partial charge in [0.2, 0.25) is 0 Å². The second-order valence-electron chi connectivity index (χ2n) is 5.52. The first kappa shape index (κ1) is 15.4. The van der Waals surface area contributed by atoms with E-state index in [9.17, 15) is 9.59 Å². The smallest absolute Gasteiger partial charge is 0.267 e. The maximum Gasteiger partial charge on any atom is 0.267 e. The molecule has 2 amide bonds. The van der Waals surface area contributed by atoms with Gasteiger partial charge < -0.3 is 4.74 Å². The fraction of sp³-hybridized carbons (Fsp3) is 0. The Hall–Kier alpha value is -3.11. The van der Waals surface area contributed by atoms with E-state index in [2.05, 4.69) is 0 Å². The van der Waals surface area contributed by atoms with Crippen LogP contribution < -0.4 is 9.64 Å². The van der Waals surface area contributed by atoms with Crippen molar-refractivity contribution in [1.29, 1.82) is 0 Å². The Bertz CT molecular complexity index is 968. The van der Waals surface area contributed by atoms with Gasteiger partial charge in [0.25, 0.3) is 11.8 Å². The van der Waals surface area contributed by atoms with Crippen molar-refractivity contribution in [3.05, 3.63) is 88.9 Å². The lowest BCUT2D eigenvalue weighted by atomic mass is 10.1. The third-order valence-electron chi connectivity index (χ3n) is 3.94. The van der Waals surface area contributed by atoms with Crippen LogP contribution in [-0.4, -0.2) is 11.8 Å². The van der Waals surface area contributed by atoms with Gasteiger partial charge in [-0.2, -0.15) is 0 Å². The number of hydrogen-bond acceptors (Lipinski definition) is 3. The van der Waals surface area contributed by atoms with E-state index >= 15 is 0 Å². The number of rotatable bonds is 3. The zero-order valence-electron chi connectivity index (χ0n) is 13.0. The molecule has 0 atom stereocenters. The van der Waals surface area contributed by atoms with E-state index in [0.717, 1.165) is 4.90 Å². The summed E-state index contributed by atoms with van der Waals surface area (Å²) in [4.78, 5) is 26.3. The third-order valence-corrected chi connectivity index (χ3v) is 4.25. The Kier molecular flexibility index (Phi) is 3.75. The number of amides is 2. The van der Waals surface area contributed by atoms with Crippen LogP contribution in [0.15, 0.2) is 72.8 Å². The minimum atomic E-state index is -0.415. The highest BCUT2D eigenvalue weighted by molar-refractivity contribution is 6.42. The molecule has 122 valence electrons. The van der Waals surface area contributed by atoms with Crippen LogP contribution in [0, 0.1) is 0 Å². The fourth-order valence-electron chi connectivity index (χ4n) is 2.77. The Balaban J connectivity index is 1.62.